The Morgan fingerprint density at radius 1 is 1.50 bits per heavy atom. The average molecular weight is 253 g/mol. The van der Waals surface area contributed by atoms with Gasteiger partial charge in [-0.15, -0.1) is 0 Å². The number of hydrogen-bond donors (Lipinski definition) is 0. The summed E-state index contributed by atoms with van der Waals surface area (Å²) in [5.74, 6) is -3.33. The molecule has 2 heterocycles. The molecule has 2 aromatic rings. The Bertz CT molecular complexity index is 686. The summed E-state index contributed by atoms with van der Waals surface area (Å²) >= 11 is 0. The highest BCUT2D eigenvalue weighted by atomic mass is 19.3. The van der Waals surface area contributed by atoms with Gasteiger partial charge in [0.1, 0.15) is 0 Å². The second kappa shape index (κ2) is 3.40. The van der Waals surface area contributed by atoms with Gasteiger partial charge in [0.2, 0.25) is 0 Å². The lowest BCUT2D eigenvalue weighted by Crippen LogP contribution is -2.23. The molecule has 0 aromatic carbocycles. The maximum absolute atomic E-state index is 12.9. The van der Waals surface area contributed by atoms with Crippen molar-refractivity contribution in [3.63, 3.8) is 0 Å². The predicted octanol–water partition coefficient (Wildman–Crippen LogP) is 1.70. The van der Waals surface area contributed by atoms with Crippen LogP contribution >= 0.6 is 0 Å². The van der Waals surface area contributed by atoms with Gasteiger partial charge in [-0.2, -0.15) is 0 Å². The van der Waals surface area contributed by atoms with Crippen molar-refractivity contribution in [2.24, 2.45) is 13.0 Å². The average Bonchev–Trinajstić information content (AvgIpc) is 2.84. The normalized spacial score (nSPS) is 21.4. The van der Waals surface area contributed by atoms with Crippen LogP contribution < -0.4 is 5.69 Å². The van der Waals surface area contributed by atoms with Crippen LogP contribution in [0.1, 0.15) is 12.1 Å². The number of aryl methyl sites for hydroxylation is 2. The molecule has 4 nitrogen and oxygen atoms in total. The van der Waals surface area contributed by atoms with Gasteiger partial charge in [0.05, 0.1) is 5.52 Å². The van der Waals surface area contributed by atoms with E-state index in [9.17, 15) is 13.6 Å². The van der Waals surface area contributed by atoms with Gasteiger partial charge in [0.25, 0.3) is 5.92 Å². The Morgan fingerprint density at radius 3 is 2.78 bits per heavy atom. The molecule has 18 heavy (non-hydrogen) atoms. The van der Waals surface area contributed by atoms with Crippen LogP contribution in [0.15, 0.2) is 16.9 Å². The first-order valence-corrected chi connectivity index (χ1v) is 5.81. The van der Waals surface area contributed by atoms with Gasteiger partial charge in [-0.1, -0.05) is 0 Å². The molecule has 0 N–H and O–H groups in total. The van der Waals surface area contributed by atoms with Crippen molar-refractivity contribution in [1.82, 2.24) is 14.1 Å². The zero-order valence-electron chi connectivity index (χ0n) is 10.2. The van der Waals surface area contributed by atoms with E-state index >= 15 is 0 Å². The summed E-state index contributed by atoms with van der Waals surface area (Å²) < 4.78 is 28.7. The van der Waals surface area contributed by atoms with E-state index in [0.29, 0.717) is 11.2 Å². The van der Waals surface area contributed by atoms with E-state index < -0.39 is 11.8 Å². The van der Waals surface area contributed by atoms with Crippen LogP contribution in [0.2, 0.25) is 0 Å². The van der Waals surface area contributed by atoms with Crippen molar-refractivity contribution in [2.45, 2.75) is 25.8 Å². The van der Waals surface area contributed by atoms with E-state index in [1.807, 2.05) is 6.92 Å². The highest BCUT2D eigenvalue weighted by Crippen LogP contribution is 2.49. The van der Waals surface area contributed by atoms with Crippen LogP contribution in [-0.2, 0) is 13.6 Å². The smallest absolute Gasteiger partial charge is 0.290 e. The van der Waals surface area contributed by atoms with Gasteiger partial charge < -0.3 is 0 Å². The maximum Gasteiger partial charge on any atom is 0.330 e. The highest BCUT2D eigenvalue weighted by Gasteiger charge is 2.56. The number of rotatable bonds is 2. The number of aromatic nitrogens is 3. The number of imidazole rings is 1. The predicted molar refractivity (Wildman–Crippen MR) is 62.8 cm³/mol. The largest absolute Gasteiger partial charge is 0.330 e. The van der Waals surface area contributed by atoms with Gasteiger partial charge in [-0.25, -0.2) is 18.6 Å². The zero-order chi connectivity index (χ0) is 13.1. The first-order chi connectivity index (χ1) is 8.40. The Hall–Kier alpha value is -1.72. The minimum atomic E-state index is -2.61. The van der Waals surface area contributed by atoms with Gasteiger partial charge in [-0.05, 0) is 19.1 Å². The molecule has 1 aliphatic rings. The molecule has 1 saturated carbocycles. The van der Waals surface area contributed by atoms with Gasteiger partial charge in [-0.3, -0.25) is 9.13 Å². The Kier molecular flexibility index (Phi) is 2.15. The molecular weight excluding hydrogens is 240 g/mol. The molecule has 0 bridgehead atoms. The molecule has 0 saturated heterocycles. The summed E-state index contributed by atoms with van der Waals surface area (Å²) in [7, 11) is 1.61. The third kappa shape index (κ3) is 1.55. The fourth-order valence-electron chi connectivity index (χ4n) is 2.23. The molecule has 1 fully saturated rings. The standard InChI is InChI=1S/C12H13F2N3O/c1-7-3-4-9-10(15-7)16(2)11(18)17(9)6-8-5-12(8,13)14/h3-4,8H,5-6H2,1-2H3. The van der Waals surface area contributed by atoms with Crippen molar-refractivity contribution in [3.8, 4) is 0 Å². The molecule has 1 unspecified atom stereocenters. The van der Waals surface area contributed by atoms with Crippen LogP contribution in [0, 0.1) is 12.8 Å². The summed E-state index contributed by atoms with van der Waals surface area (Å²) in [6.07, 6.45) is -0.130. The molecule has 1 aliphatic carbocycles. The van der Waals surface area contributed by atoms with Crippen LogP contribution in [0.25, 0.3) is 11.2 Å². The summed E-state index contributed by atoms with van der Waals surface area (Å²) in [6, 6.07) is 3.54. The molecule has 2 aromatic heterocycles. The van der Waals surface area contributed by atoms with Crippen molar-refractivity contribution < 1.29 is 8.78 Å². The van der Waals surface area contributed by atoms with E-state index in [4.69, 9.17) is 0 Å². The Morgan fingerprint density at radius 2 is 2.17 bits per heavy atom. The lowest BCUT2D eigenvalue weighted by atomic mass is 10.3. The fourth-order valence-corrected chi connectivity index (χ4v) is 2.23. The minimum absolute atomic E-state index is 0.0634. The summed E-state index contributed by atoms with van der Waals surface area (Å²) in [6.45, 7) is 1.89. The van der Waals surface area contributed by atoms with E-state index in [1.165, 1.54) is 9.13 Å². The third-order valence-electron chi connectivity index (χ3n) is 3.48. The number of fused-ring (bicyclic) bond motifs is 1. The monoisotopic (exact) mass is 253 g/mol. The minimum Gasteiger partial charge on any atom is -0.290 e. The van der Waals surface area contributed by atoms with Crippen LogP contribution in [-0.4, -0.2) is 20.0 Å². The number of halogens is 2. The Labute approximate surface area is 102 Å². The van der Waals surface area contributed by atoms with Crippen molar-refractivity contribution in [3.05, 3.63) is 28.3 Å². The summed E-state index contributed by atoms with van der Waals surface area (Å²) in [5.41, 5.74) is 1.68. The Balaban J connectivity index is 2.12. The van der Waals surface area contributed by atoms with E-state index in [2.05, 4.69) is 4.98 Å². The SMILES string of the molecule is Cc1ccc2c(n1)n(C)c(=O)n2CC1CC1(F)F. The topological polar surface area (TPSA) is 39.8 Å². The zero-order valence-corrected chi connectivity index (χ0v) is 10.2. The van der Waals surface area contributed by atoms with Gasteiger partial charge >= 0.3 is 5.69 Å². The lowest BCUT2D eigenvalue weighted by molar-refractivity contribution is 0.0951. The molecule has 0 amide bonds. The number of alkyl halides is 2. The summed E-state index contributed by atoms with van der Waals surface area (Å²) in [5, 5.41) is 0. The summed E-state index contributed by atoms with van der Waals surface area (Å²) in [4.78, 5) is 16.3. The molecule has 0 aliphatic heterocycles. The van der Waals surface area contributed by atoms with Crippen molar-refractivity contribution in [1.29, 1.82) is 0 Å². The fraction of sp³-hybridized carbons (Fsp3) is 0.500. The van der Waals surface area contributed by atoms with Crippen molar-refractivity contribution in [2.75, 3.05) is 0 Å². The molecular formula is C12H13F2N3O. The van der Waals surface area contributed by atoms with Gasteiger partial charge in [0.15, 0.2) is 5.65 Å². The molecule has 3 rings (SSSR count). The van der Waals surface area contributed by atoms with Gasteiger partial charge in [0, 0.05) is 31.6 Å². The number of pyridine rings is 1. The van der Waals surface area contributed by atoms with Crippen LogP contribution in [0.3, 0.4) is 0 Å². The number of nitrogens with zero attached hydrogens (tertiary/aromatic N) is 3. The first kappa shape index (κ1) is 11.4. The molecule has 0 radical (unpaired) electrons. The molecule has 0 spiro atoms. The second-order valence-electron chi connectivity index (χ2n) is 4.91. The highest BCUT2D eigenvalue weighted by molar-refractivity contribution is 5.71. The first-order valence-electron chi connectivity index (χ1n) is 5.81. The molecule has 1 atom stereocenters. The van der Waals surface area contributed by atoms with E-state index in [-0.39, 0.29) is 18.7 Å². The second-order valence-corrected chi connectivity index (χ2v) is 4.91. The quantitative estimate of drug-likeness (QED) is 0.817. The van der Waals surface area contributed by atoms with Crippen LogP contribution in [0.4, 0.5) is 8.78 Å². The third-order valence-corrected chi connectivity index (χ3v) is 3.48. The molecule has 6 heteroatoms. The lowest BCUT2D eigenvalue weighted by Gasteiger charge is -2.01. The molecule has 96 valence electrons. The maximum atomic E-state index is 12.9. The van der Waals surface area contributed by atoms with Crippen molar-refractivity contribution >= 4 is 11.2 Å². The van der Waals surface area contributed by atoms with Crippen LogP contribution in [0.5, 0.6) is 0 Å². The van der Waals surface area contributed by atoms with E-state index in [0.717, 1.165) is 5.69 Å². The van der Waals surface area contributed by atoms with E-state index in [1.54, 1.807) is 19.2 Å². The number of hydrogen-bond acceptors (Lipinski definition) is 2.